The molecule has 0 aliphatic rings. The first kappa shape index (κ1) is 16.2. The minimum atomic E-state index is -0.357. The van der Waals surface area contributed by atoms with E-state index >= 15 is 0 Å². The average molecular weight is 317 g/mol. The molecule has 0 aliphatic heterocycles. The minimum absolute atomic E-state index is 0.203. The molecule has 0 bridgehead atoms. The standard InChI is InChI=1S/C17H19NO3S/c1-5-21-17(20)14-11(3)12(4)22-16(14)18-9-13-8-6-7-10(2)15(13)19/h6-9,19H,5H2,1-4H3. The summed E-state index contributed by atoms with van der Waals surface area (Å²) in [6, 6.07) is 5.47. The van der Waals surface area contributed by atoms with Gasteiger partial charge < -0.3 is 9.84 Å². The Labute approximate surface area is 134 Å². The lowest BCUT2D eigenvalue weighted by Gasteiger charge is -2.03. The fourth-order valence-corrected chi connectivity index (χ4v) is 3.05. The minimum Gasteiger partial charge on any atom is -0.507 e. The molecular formula is C17H19NO3S. The Morgan fingerprint density at radius 2 is 2.09 bits per heavy atom. The summed E-state index contributed by atoms with van der Waals surface area (Å²) in [5.41, 5.74) is 2.81. The van der Waals surface area contributed by atoms with Gasteiger partial charge in [-0.15, -0.1) is 11.3 Å². The van der Waals surface area contributed by atoms with Gasteiger partial charge in [-0.1, -0.05) is 12.1 Å². The number of carbonyl (C=O) groups is 1. The number of nitrogens with zero attached hydrogens (tertiary/aromatic N) is 1. The number of phenols is 1. The van der Waals surface area contributed by atoms with Crippen molar-refractivity contribution in [1.82, 2.24) is 0 Å². The van der Waals surface area contributed by atoms with E-state index in [2.05, 4.69) is 4.99 Å². The van der Waals surface area contributed by atoms with Gasteiger partial charge in [0.1, 0.15) is 10.8 Å². The molecule has 1 heterocycles. The van der Waals surface area contributed by atoms with Crippen LogP contribution in [0.2, 0.25) is 0 Å². The van der Waals surface area contributed by atoms with Crippen LogP contribution < -0.4 is 0 Å². The number of aliphatic imine (C=N–C) groups is 1. The van der Waals surface area contributed by atoms with E-state index in [1.807, 2.05) is 32.9 Å². The van der Waals surface area contributed by atoms with Crippen molar-refractivity contribution in [1.29, 1.82) is 0 Å². The fourth-order valence-electron chi connectivity index (χ4n) is 2.06. The number of carbonyl (C=O) groups excluding carboxylic acids is 1. The monoisotopic (exact) mass is 317 g/mol. The zero-order valence-electron chi connectivity index (χ0n) is 13.1. The normalized spacial score (nSPS) is 11.1. The Hall–Kier alpha value is -2.14. The van der Waals surface area contributed by atoms with E-state index in [1.54, 1.807) is 19.2 Å². The molecular weight excluding hydrogens is 298 g/mol. The van der Waals surface area contributed by atoms with E-state index in [0.717, 1.165) is 16.0 Å². The predicted molar refractivity (Wildman–Crippen MR) is 89.8 cm³/mol. The van der Waals surface area contributed by atoms with Gasteiger partial charge in [0, 0.05) is 16.7 Å². The highest BCUT2D eigenvalue weighted by atomic mass is 32.1. The highest BCUT2D eigenvalue weighted by molar-refractivity contribution is 7.16. The molecule has 1 aromatic heterocycles. The first-order valence-electron chi connectivity index (χ1n) is 7.05. The number of benzene rings is 1. The molecule has 2 rings (SSSR count). The third kappa shape index (κ3) is 3.20. The molecule has 0 atom stereocenters. The number of hydrogen-bond donors (Lipinski definition) is 1. The lowest BCUT2D eigenvalue weighted by molar-refractivity contribution is 0.0527. The van der Waals surface area contributed by atoms with Crippen LogP contribution in [0.1, 0.15) is 38.8 Å². The molecule has 0 fully saturated rings. The molecule has 0 radical (unpaired) electrons. The van der Waals surface area contributed by atoms with E-state index in [9.17, 15) is 9.90 Å². The van der Waals surface area contributed by atoms with Crippen LogP contribution in [0.5, 0.6) is 5.75 Å². The second-order valence-corrected chi connectivity index (χ2v) is 6.16. The van der Waals surface area contributed by atoms with Crippen LogP contribution in [0.4, 0.5) is 5.00 Å². The molecule has 0 saturated heterocycles. The van der Waals surface area contributed by atoms with Crippen molar-refractivity contribution in [2.24, 2.45) is 4.99 Å². The Balaban J connectivity index is 2.41. The van der Waals surface area contributed by atoms with Gasteiger partial charge in [0.25, 0.3) is 0 Å². The second-order valence-electron chi connectivity index (χ2n) is 4.95. The highest BCUT2D eigenvalue weighted by Crippen LogP contribution is 2.35. The number of para-hydroxylation sites is 1. The van der Waals surface area contributed by atoms with Crippen LogP contribution in [-0.2, 0) is 4.74 Å². The van der Waals surface area contributed by atoms with Crippen LogP contribution in [0, 0.1) is 20.8 Å². The molecule has 0 unspecified atom stereocenters. The summed E-state index contributed by atoms with van der Waals surface area (Å²) >= 11 is 1.44. The first-order valence-corrected chi connectivity index (χ1v) is 7.87. The maximum Gasteiger partial charge on any atom is 0.341 e. The number of aryl methyl sites for hydroxylation is 2. The van der Waals surface area contributed by atoms with Gasteiger partial charge in [-0.05, 0) is 44.9 Å². The lowest BCUT2D eigenvalue weighted by Crippen LogP contribution is -2.05. The Bertz CT molecular complexity index is 732. The summed E-state index contributed by atoms with van der Waals surface area (Å²) < 4.78 is 5.10. The van der Waals surface area contributed by atoms with E-state index in [1.165, 1.54) is 11.3 Å². The van der Waals surface area contributed by atoms with E-state index in [0.29, 0.717) is 22.7 Å². The number of hydrogen-bond acceptors (Lipinski definition) is 5. The van der Waals surface area contributed by atoms with Crippen molar-refractivity contribution in [2.75, 3.05) is 6.61 Å². The summed E-state index contributed by atoms with van der Waals surface area (Å²) in [6.07, 6.45) is 1.58. The highest BCUT2D eigenvalue weighted by Gasteiger charge is 2.20. The van der Waals surface area contributed by atoms with Crippen molar-refractivity contribution >= 4 is 28.5 Å². The van der Waals surface area contributed by atoms with Crippen molar-refractivity contribution in [3.8, 4) is 5.75 Å². The molecule has 116 valence electrons. The largest absolute Gasteiger partial charge is 0.507 e. The predicted octanol–water partition coefficient (Wildman–Crippen LogP) is 4.31. The number of ether oxygens (including phenoxy) is 1. The van der Waals surface area contributed by atoms with Crippen molar-refractivity contribution in [2.45, 2.75) is 27.7 Å². The quantitative estimate of drug-likeness (QED) is 0.675. The zero-order chi connectivity index (χ0) is 16.3. The molecule has 0 amide bonds. The molecule has 1 aromatic carbocycles. The first-order chi connectivity index (χ1) is 10.5. The van der Waals surface area contributed by atoms with Crippen molar-refractivity contribution in [3.63, 3.8) is 0 Å². The Morgan fingerprint density at radius 3 is 2.77 bits per heavy atom. The van der Waals surface area contributed by atoms with Crippen LogP contribution in [0.15, 0.2) is 23.2 Å². The number of esters is 1. The Kier molecular flexibility index (Phi) is 4.98. The SMILES string of the molecule is CCOC(=O)c1c(N=Cc2cccc(C)c2O)sc(C)c1C. The van der Waals surface area contributed by atoms with Gasteiger partial charge >= 0.3 is 5.97 Å². The molecule has 22 heavy (non-hydrogen) atoms. The number of aromatic hydroxyl groups is 1. The molecule has 2 aromatic rings. The second kappa shape index (κ2) is 6.75. The number of phenolic OH excluding ortho intramolecular Hbond substituents is 1. The van der Waals surface area contributed by atoms with Crippen LogP contribution in [0.3, 0.4) is 0 Å². The fraction of sp³-hybridized carbons (Fsp3) is 0.294. The smallest absolute Gasteiger partial charge is 0.341 e. The van der Waals surface area contributed by atoms with Gasteiger partial charge in [0.2, 0.25) is 0 Å². The third-order valence-corrected chi connectivity index (χ3v) is 4.55. The summed E-state index contributed by atoms with van der Waals surface area (Å²) in [5, 5.41) is 10.6. The van der Waals surface area contributed by atoms with Crippen LogP contribution in [0.25, 0.3) is 0 Å². The molecule has 0 aliphatic carbocycles. The van der Waals surface area contributed by atoms with Crippen molar-refractivity contribution < 1.29 is 14.6 Å². The van der Waals surface area contributed by atoms with E-state index in [-0.39, 0.29) is 11.7 Å². The van der Waals surface area contributed by atoms with Crippen molar-refractivity contribution in [3.05, 3.63) is 45.3 Å². The third-order valence-electron chi connectivity index (χ3n) is 3.44. The molecule has 5 heteroatoms. The molecule has 4 nitrogen and oxygen atoms in total. The maximum absolute atomic E-state index is 12.1. The number of rotatable bonds is 4. The van der Waals surface area contributed by atoms with Gasteiger partial charge in [0.15, 0.2) is 0 Å². The summed E-state index contributed by atoms with van der Waals surface area (Å²) in [5.74, 6) is -0.154. The summed E-state index contributed by atoms with van der Waals surface area (Å²) in [7, 11) is 0. The molecule has 1 N–H and O–H groups in total. The summed E-state index contributed by atoms with van der Waals surface area (Å²) in [4.78, 5) is 17.5. The average Bonchev–Trinajstić information content (AvgIpc) is 2.76. The lowest BCUT2D eigenvalue weighted by atomic mass is 10.1. The Morgan fingerprint density at radius 1 is 1.36 bits per heavy atom. The summed E-state index contributed by atoms with van der Waals surface area (Å²) in [6.45, 7) is 7.78. The number of thiophene rings is 1. The molecule has 0 saturated carbocycles. The zero-order valence-corrected chi connectivity index (χ0v) is 14.0. The van der Waals surface area contributed by atoms with Gasteiger partial charge in [-0.25, -0.2) is 9.79 Å². The van der Waals surface area contributed by atoms with Crippen LogP contribution in [-0.4, -0.2) is 23.9 Å². The maximum atomic E-state index is 12.1. The van der Waals surface area contributed by atoms with E-state index in [4.69, 9.17) is 4.74 Å². The van der Waals surface area contributed by atoms with Crippen LogP contribution >= 0.6 is 11.3 Å². The van der Waals surface area contributed by atoms with Gasteiger partial charge in [-0.3, -0.25) is 0 Å². The van der Waals surface area contributed by atoms with Gasteiger partial charge in [0.05, 0.1) is 12.2 Å². The van der Waals surface area contributed by atoms with Gasteiger partial charge in [-0.2, -0.15) is 0 Å². The molecule has 0 spiro atoms. The topological polar surface area (TPSA) is 58.9 Å². The van der Waals surface area contributed by atoms with E-state index < -0.39 is 0 Å².